The zero-order chi connectivity index (χ0) is 16.9. The molecule has 1 aromatic carbocycles. The van der Waals surface area contributed by atoms with Crippen LogP contribution in [-0.4, -0.2) is 45.4 Å². The maximum Gasteiger partial charge on any atom is 0.325 e. The number of nitrogens with zero attached hydrogens (tertiary/aromatic N) is 1. The summed E-state index contributed by atoms with van der Waals surface area (Å²) in [7, 11) is -2.19. The van der Waals surface area contributed by atoms with Crippen LogP contribution in [0.4, 0.5) is 5.69 Å². The number of nitrogens with one attached hydrogen (secondary N) is 1. The number of hydrogen-bond acceptors (Lipinski definition) is 5. The molecule has 23 heavy (non-hydrogen) atoms. The molecule has 1 saturated heterocycles. The molecule has 0 aromatic heterocycles. The van der Waals surface area contributed by atoms with Crippen molar-refractivity contribution in [2.75, 3.05) is 32.1 Å². The van der Waals surface area contributed by atoms with Crippen molar-refractivity contribution in [1.29, 1.82) is 0 Å². The van der Waals surface area contributed by atoms with E-state index in [0.29, 0.717) is 29.2 Å². The number of aryl methyl sites for hydroxylation is 1. The number of esters is 1. The Morgan fingerprint density at radius 3 is 2.48 bits per heavy atom. The minimum atomic E-state index is -3.51. The van der Waals surface area contributed by atoms with Gasteiger partial charge in [0, 0.05) is 18.8 Å². The van der Waals surface area contributed by atoms with Gasteiger partial charge in [-0.15, -0.1) is 0 Å². The fourth-order valence-electron chi connectivity index (χ4n) is 2.66. The second kappa shape index (κ2) is 7.79. The van der Waals surface area contributed by atoms with Crippen molar-refractivity contribution in [2.45, 2.75) is 37.5 Å². The molecule has 0 aliphatic carbocycles. The summed E-state index contributed by atoms with van der Waals surface area (Å²) in [6, 6.07) is 5.11. The van der Waals surface area contributed by atoms with E-state index in [1.807, 2.05) is 0 Å². The van der Waals surface area contributed by atoms with Crippen molar-refractivity contribution in [3.05, 3.63) is 23.8 Å². The van der Waals surface area contributed by atoms with Crippen LogP contribution in [0.5, 0.6) is 0 Å². The van der Waals surface area contributed by atoms with E-state index in [1.165, 1.54) is 7.11 Å². The number of ether oxygens (including phenoxy) is 1. The average molecular weight is 340 g/mol. The number of rotatable bonds is 5. The maximum absolute atomic E-state index is 12.9. The van der Waals surface area contributed by atoms with E-state index in [1.54, 1.807) is 29.4 Å². The van der Waals surface area contributed by atoms with Gasteiger partial charge in [0.25, 0.3) is 0 Å². The SMILES string of the molecule is COC(=O)CNc1ccc(C)c(S(=O)(=O)N2CCCCCC2)c1. The summed E-state index contributed by atoms with van der Waals surface area (Å²) >= 11 is 0. The Labute approximate surface area is 137 Å². The molecule has 0 saturated carbocycles. The van der Waals surface area contributed by atoms with Crippen LogP contribution in [0.2, 0.25) is 0 Å². The Balaban J connectivity index is 2.24. The van der Waals surface area contributed by atoms with E-state index in [4.69, 9.17) is 0 Å². The highest BCUT2D eigenvalue weighted by molar-refractivity contribution is 7.89. The van der Waals surface area contributed by atoms with E-state index >= 15 is 0 Å². The molecule has 6 nitrogen and oxygen atoms in total. The molecule has 2 rings (SSSR count). The molecule has 0 amide bonds. The number of methoxy groups -OCH3 is 1. The Morgan fingerprint density at radius 2 is 1.87 bits per heavy atom. The number of hydrogen-bond donors (Lipinski definition) is 1. The van der Waals surface area contributed by atoms with Crippen LogP contribution in [0, 0.1) is 6.92 Å². The van der Waals surface area contributed by atoms with Gasteiger partial charge in [-0.3, -0.25) is 4.79 Å². The summed E-state index contributed by atoms with van der Waals surface area (Å²) < 4.78 is 32.0. The lowest BCUT2D eigenvalue weighted by atomic mass is 10.2. The molecule has 0 bridgehead atoms. The fraction of sp³-hybridized carbons (Fsp3) is 0.562. The Hall–Kier alpha value is -1.60. The van der Waals surface area contributed by atoms with Gasteiger partial charge < -0.3 is 10.1 Å². The quantitative estimate of drug-likeness (QED) is 0.831. The molecule has 1 heterocycles. The highest BCUT2D eigenvalue weighted by atomic mass is 32.2. The van der Waals surface area contributed by atoms with Crippen LogP contribution in [0.3, 0.4) is 0 Å². The highest BCUT2D eigenvalue weighted by Gasteiger charge is 2.26. The van der Waals surface area contributed by atoms with E-state index in [2.05, 4.69) is 10.1 Å². The van der Waals surface area contributed by atoms with Crippen LogP contribution in [-0.2, 0) is 19.6 Å². The van der Waals surface area contributed by atoms with Gasteiger partial charge in [-0.05, 0) is 37.5 Å². The van der Waals surface area contributed by atoms with Crippen LogP contribution in [0.1, 0.15) is 31.2 Å². The molecule has 1 aromatic rings. The summed E-state index contributed by atoms with van der Waals surface area (Å²) in [5.74, 6) is -0.400. The first kappa shape index (κ1) is 17.7. The molecule has 128 valence electrons. The molecule has 1 aliphatic rings. The topological polar surface area (TPSA) is 75.7 Å². The predicted molar refractivity (Wildman–Crippen MR) is 88.9 cm³/mol. The van der Waals surface area contributed by atoms with Gasteiger partial charge in [-0.25, -0.2) is 8.42 Å². The third kappa shape index (κ3) is 4.45. The predicted octanol–water partition coefficient (Wildman–Crippen LogP) is 2.14. The number of sulfonamides is 1. The molecular formula is C16H24N2O4S. The molecule has 7 heteroatoms. The van der Waals surface area contributed by atoms with Gasteiger partial charge in [-0.2, -0.15) is 4.31 Å². The lowest BCUT2D eigenvalue weighted by Gasteiger charge is -2.21. The fourth-order valence-corrected chi connectivity index (χ4v) is 4.42. The van der Waals surface area contributed by atoms with Crippen molar-refractivity contribution < 1.29 is 17.9 Å². The zero-order valence-corrected chi connectivity index (χ0v) is 14.5. The summed E-state index contributed by atoms with van der Waals surface area (Å²) in [5.41, 5.74) is 1.30. The second-order valence-electron chi connectivity index (χ2n) is 5.73. The molecule has 0 unspecified atom stereocenters. The molecular weight excluding hydrogens is 316 g/mol. The molecule has 0 spiro atoms. The Kier molecular flexibility index (Phi) is 6.01. The first-order valence-electron chi connectivity index (χ1n) is 7.86. The Morgan fingerprint density at radius 1 is 1.22 bits per heavy atom. The van der Waals surface area contributed by atoms with Crippen LogP contribution in [0.15, 0.2) is 23.1 Å². The summed E-state index contributed by atoms with van der Waals surface area (Å²) in [4.78, 5) is 11.5. The van der Waals surface area contributed by atoms with E-state index in [9.17, 15) is 13.2 Å². The maximum atomic E-state index is 12.9. The van der Waals surface area contributed by atoms with Crippen molar-refractivity contribution in [3.63, 3.8) is 0 Å². The van der Waals surface area contributed by atoms with Crippen molar-refractivity contribution in [3.8, 4) is 0 Å². The minimum Gasteiger partial charge on any atom is -0.468 e. The number of carbonyl (C=O) groups excluding carboxylic acids is 1. The second-order valence-corrected chi connectivity index (χ2v) is 7.63. The van der Waals surface area contributed by atoms with E-state index in [0.717, 1.165) is 25.7 Å². The number of anilines is 1. The zero-order valence-electron chi connectivity index (χ0n) is 13.7. The van der Waals surface area contributed by atoms with Gasteiger partial charge in [0.1, 0.15) is 6.54 Å². The van der Waals surface area contributed by atoms with Gasteiger partial charge in [0.2, 0.25) is 10.0 Å². The smallest absolute Gasteiger partial charge is 0.325 e. The van der Waals surface area contributed by atoms with Crippen LogP contribution >= 0.6 is 0 Å². The lowest BCUT2D eigenvalue weighted by Crippen LogP contribution is -2.32. The monoisotopic (exact) mass is 340 g/mol. The summed E-state index contributed by atoms with van der Waals surface area (Å²) in [6.45, 7) is 2.93. The lowest BCUT2D eigenvalue weighted by molar-refractivity contribution is -0.138. The van der Waals surface area contributed by atoms with Crippen molar-refractivity contribution in [1.82, 2.24) is 4.31 Å². The van der Waals surface area contributed by atoms with Crippen LogP contribution < -0.4 is 5.32 Å². The minimum absolute atomic E-state index is 0.00274. The average Bonchev–Trinajstić information content (AvgIpc) is 2.83. The first-order valence-corrected chi connectivity index (χ1v) is 9.30. The van der Waals surface area contributed by atoms with Gasteiger partial charge in [-0.1, -0.05) is 18.9 Å². The van der Waals surface area contributed by atoms with Crippen molar-refractivity contribution >= 4 is 21.7 Å². The third-order valence-electron chi connectivity index (χ3n) is 4.04. The number of benzene rings is 1. The number of carbonyl (C=O) groups is 1. The third-order valence-corrected chi connectivity index (χ3v) is 6.08. The van der Waals surface area contributed by atoms with Crippen molar-refractivity contribution in [2.24, 2.45) is 0 Å². The highest BCUT2D eigenvalue weighted by Crippen LogP contribution is 2.25. The van der Waals surface area contributed by atoms with E-state index < -0.39 is 16.0 Å². The van der Waals surface area contributed by atoms with Gasteiger partial charge in [0.15, 0.2) is 0 Å². The van der Waals surface area contributed by atoms with E-state index in [-0.39, 0.29) is 6.54 Å². The molecule has 0 atom stereocenters. The Bertz CT molecular complexity index is 650. The van der Waals surface area contributed by atoms with Crippen LogP contribution in [0.25, 0.3) is 0 Å². The largest absolute Gasteiger partial charge is 0.468 e. The molecule has 1 N–H and O–H groups in total. The molecule has 1 aliphatic heterocycles. The summed E-state index contributed by atoms with van der Waals surface area (Å²) in [5, 5.41) is 2.89. The molecule has 0 radical (unpaired) electrons. The normalized spacial score (nSPS) is 16.6. The van der Waals surface area contributed by atoms with Gasteiger partial charge >= 0.3 is 5.97 Å². The first-order chi connectivity index (χ1) is 10.9. The molecule has 1 fully saturated rings. The summed E-state index contributed by atoms with van der Waals surface area (Å²) in [6.07, 6.45) is 3.95. The standard InChI is InChI=1S/C16H24N2O4S/c1-13-7-8-14(17-12-16(19)22-2)11-15(13)23(20,21)18-9-5-3-4-6-10-18/h7-8,11,17H,3-6,9-10,12H2,1-2H3. The van der Waals surface area contributed by atoms with Gasteiger partial charge in [0.05, 0.1) is 12.0 Å².